The lowest BCUT2D eigenvalue weighted by molar-refractivity contribution is -0.134. The van der Waals surface area contributed by atoms with Gasteiger partial charge in [0.1, 0.15) is 29.7 Å². The van der Waals surface area contributed by atoms with E-state index in [0.29, 0.717) is 40.7 Å². The smallest absolute Gasteiger partial charge is 0.310 e. The minimum Gasteiger partial charge on any atom is -0.493 e. The number of benzene rings is 2. The molecule has 140 valence electrons. The highest BCUT2D eigenvalue weighted by Gasteiger charge is 2.16. The van der Waals surface area contributed by atoms with Crippen LogP contribution in [0.1, 0.15) is 38.3 Å². The average Bonchev–Trinajstić information content (AvgIpc) is 2.63. The standard InChI is InChI=1S/C20H22ClFO4/c1-4-13-10-15(21)19(11-16(13)22)25-12-14-17(24-6-3)8-7-9-18(14)26-20(23)5-2/h7-11H,4-6,12H2,1-3H3. The number of hydrogen-bond donors (Lipinski definition) is 0. The van der Waals surface area contributed by atoms with Crippen molar-refractivity contribution in [3.05, 3.63) is 52.3 Å². The van der Waals surface area contributed by atoms with Crippen LogP contribution in [-0.4, -0.2) is 12.6 Å². The van der Waals surface area contributed by atoms with E-state index in [1.807, 2.05) is 13.8 Å². The second-order valence-corrected chi connectivity index (χ2v) is 5.92. The molecule has 4 nitrogen and oxygen atoms in total. The van der Waals surface area contributed by atoms with Crippen molar-refractivity contribution >= 4 is 17.6 Å². The van der Waals surface area contributed by atoms with Crippen LogP contribution in [0.4, 0.5) is 4.39 Å². The number of carbonyl (C=O) groups is 1. The van der Waals surface area contributed by atoms with Gasteiger partial charge in [-0.15, -0.1) is 0 Å². The minimum atomic E-state index is -0.373. The largest absolute Gasteiger partial charge is 0.493 e. The first-order valence-electron chi connectivity index (χ1n) is 8.56. The van der Waals surface area contributed by atoms with E-state index < -0.39 is 0 Å². The molecule has 0 saturated carbocycles. The summed E-state index contributed by atoms with van der Waals surface area (Å²) in [6.07, 6.45) is 0.783. The van der Waals surface area contributed by atoms with Gasteiger partial charge in [0.2, 0.25) is 0 Å². The van der Waals surface area contributed by atoms with Crippen LogP contribution in [0, 0.1) is 5.82 Å². The number of hydrogen-bond acceptors (Lipinski definition) is 4. The molecule has 0 spiro atoms. The number of rotatable bonds is 8. The maximum atomic E-state index is 14.0. The van der Waals surface area contributed by atoms with Crippen LogP contribution >= 0.6 is 11.6 Å². The first-order valence-corrected chi connectivity index (χ1v) is 8.93. The fraction of sp³-hybridized carbons (Fsp3) is 0.350. The SMILES string of the molecule is CCOc1cccc(OC(=O)CC)c1COc1cc(F)c(CC)cc1Cl. The van der Waals surface area contributed by atoms with E-state index in [9.17, 15) is 9.18 Å². The summed E-state index contributed by atoms with van der Waals surface area (Å²) in [5.74, 6) is 0.375. The Kier molecular flexibility index (Phi) is 7.27. The summed E-state index contributed by atoms with van der Waals surface area (Å²) >= 11 is 6.19. The van der Waals surface area contributed by atoms with Gasteiger partial charge in [-0.2, -0.15) is 0 Å². The highest BCUT2D eigenvalue weighted by Crippen LogP contribution is 2.33. The van der Waals surface area contributed by atoms with Crippen LogP contribution < -0.4 is 14.2 Å². The number of aryl methyl sites for hydroxylation is 1. The monoisotopic (exact) mass is 380 g/mol. The van der Waals surface area contributed by atoms with Gasteiger partial charge in [-0.05, 0) is 37.1 Å². The zero-order valence-electron chi connectivity index (χ0n) is 15.1. The van der Waals surface area contributed by atoms with Crippen molar-refractivity contribution in [3.8, 4) is 17.2 Å². The third-order valence-electron chi connectivity index (χ3n) is 3.76. The molecule has 2 rings (SSSR count). The molecule has 2 aromatic rings. The third-order valence-corrected chi connectivity index (χ3v) is 4.05. The molecule has 0 fully saturated rings. The number of carbonyl (C=O) groups excluding carboxylic acids is 1. The van der Waals surface area contributed by atoms with E-state index in [2.05, 4.69) is 0 Å². The van der Waals surface area contributed by atoms with E-state index in [1.54, 1.807) is 31.2 Å². The van der Waals surface area contributed by atoms with Crippen molar-refractivity contribution in [2.45, 2.75) is 40.2 Å². The van der Waals surface area contributed by atoms with Gasteiger partial charge in [0.25, 0.3) is 0 Å². The second kappa shape index (κ2) is 9.43. The average molecular weight is 381 g/mol. The van der Waals surface area contributed by atoms with Gasteiger partial charge in [-0.25, -0.2) is 4.39 Å². The van der Waals surface area contributed by atoms with Crippen LogP contribution in [0.2, 0.25) is 5.02 Å². The van der Waals surface area contributed by atoms with Gasteiger partial charge in [-0.1, -0.05) is 31.5 Å². The fourth-order valence-corrected chi connectivity index (χ4v) is 2.61. The van der Waals surface area contributed by atoms with Gasteiger partial charge < -0.3 is 14.2 Å². The number of halogens is 2. The summed E-state index contributed by atoms with van der Waals surface area (Å²) < 4.78 is 30.7. The van der Waals surface area contributed by atoms with Crippen molar-refractivity contribution in [2.75, 3.05) is 6.61 Å². The zero-order valence-corrected chi connectivity index (χ0v) is 15.9. The van der Waals surface area contributed by atoms with Crippen LogP contribution in [0.3, 0.4) is 0 Å². The Morgan fingerprint density at radius 1 is 1.08 bits per heavy atom. The first-order chi connectivity index (χ1) is 12.5. The molecular weight excluding hydrogens is 359 g/mol. The Hall–Kier alpha value is -2.27. The molecule has 2 aromatic carbocycles. The van der Waals surface area contributed by atoms with Crippen molar-refractivity contribution in [2.24, 2.45) is 0 Å². The summed E-state index contributed by atoms with van der Waals surface area (Å²) in [4.78, 5) is 11.7. The van der Waals surface area contributed by atoms with Crippen molar-refractivity contribution in [3.63, 3.8) is 0 Å². The molecule has 0 amide bonds. The number of ether oxygens (including phenoxy) is 3. The van der Waals surface area contributed by atoms with Gasteiger partial charge in [0.05, 0.1) is 17.2 Å². The van der Waals surface area contributed by atoms with Crippen LogP contribution in [0.25, 0.3) is 0 Å². The molecule has 0 aliphatic heterocycles. The molecule has 0 saturated heterocycles. The molecule has 0 aromatic heterocycles. The quantitative estimate of drug-likeness (QED) is 0.458. The van der Waals surface area contributed by atoms with Crippen molar-refractivity contribution < 1.29 is 23.4 Å². The molecule has 0 aliphatic rings. The van der Waals surface area contributed by atoms with Crippen molar-refractivity contribution in [1.82, 2.24) is 0 Å². The molecular formula is C20H22ClFO4. The van der Waals surface area contributed by atoms with Crippen molar-refractivity contribution in [1.29, 1.82) is 0 Å². The summed E-state index contributed by atoms with van der Waals surface area (Å²) in [6, 6.07) is 7.97. The van der Waals surface area contributed by atoms with E-state index in [-0.39, 0.29) is 30.6 Å². The topological polar surface area (TPSA) is 44.8 Å². The Morgan fingerprint density at radius 2 is 1.81 bits per heavy atom. The van der Waals surface area contributed by atoms with Crippen LogP contribution in [0.5, 0.6) is 17.2 Å². The van der Waals surface area contributed by atoms with Gasteiger partial charge in [0.15, 0.2) is 0 Å². The Labute approximate surface area is 157 Å². The van der Waals surface area contributed by atoms with E-state index in [0.717, 1.165) is 0 Å². The molecule has 0 unspecified atom stereocenters. The summed E-state index contributed by atoms with van der Waals surface area (Å²) in [7, 11) is 0. The summed E-state index contributed by atoms with van der Waals surface area (Å²) in [5.41, 5.74) is 1.09. The Bertz CT molecular complexity index is 777. The van der Waals surface area contributed by atoms with Crippen LogP contribution in [0.15, 0.2) is 30.3 Å². The molecule has 0 atom stereocenters. The molecule has 0 aliphatic carbocycles. The minimum absolute atomic E-state index is 0.0210. The molecule has 0 bridgehead atoms. The fourth-order valence-electron chi connectivity index (χ4n) is 2.37. The lowest BCUT2D eigenvalue weighted by Gasteiger charge is -2.16. The number of esters is 1. The second-order valence-electron chi connectivity index (χ2n) is 5.51. The lowest BCUT2D eigenvalue weighted by Crippen LogP contribution is -2.10. The predicted molar refractivity (Wildman–Crippen MR) is 98.7 cm³/mol. The van der Waals surface area contributed by atoms with E-state index in [1.165, 1.54) is 6.07 Å². The molecule has 6 heteroatoms. The molecule has 0 radical (unpaired) electrons. The van der Waals surface area contributed by atoms with Gasteiger partial charge >= 0.3 is 5.97 Å². The van der Waals surface area contributed by atoms with Gasteiger partial charge in [-0.3, -0.25) is 4.79 Å². The van der Waals surface area contributed by atoms with Crippen LogP contribution in [-0.2, 0) is 17.8 Å². The predicted octanol–water partition coefficient (Wildman–Crippen LogP) is 5.33. The van der Waals surface area contributed by atoms with Gasteiger partial charge in [0, 0.05) is 12.5 Å². The summed E-state index contributed by atoms with van der Waals surface area (Å²) in [6.45, 7) is 5.88. The maximum absolute atomic E-state index is 14.0. The maximum Gasteiger partial charge on any atom is 0.310 e. The van der Waals surface area contributed by atoms with E-state index >= 15 is 0 Å². The van der Waals surface area contributed by atoms with E-state index in [4.69, 9.17) is 25.8 Å². The molecule has 0 heterocycles. The Morgan fingerprint density at radius 3 is 2.46 bits per heavy atom. The third kappa shape index (κ3) is 4.88. The molecule has 26 heavy (non-hydrogen) atoms. The molecule has 0 N–H and O–H groups in total. The first kappa shape index (κ1) is 20.0. The summed E-state index contributed by atoms with van der Waals surface area (Å²) in [5, 5.41) is 0.323. The normalized spacial score (nSPS) is 10.5. The highest BCUT2D eigenvalue weighted by atomic mass is 35.5. The lowest BCUT2D eigenvalue weighted by atomic mass is 10.1. The Balaban J connectivity index is 2.30. The zero-order chi connectivity index (χ0) is 19.1. The highest BCUT2D eigenvalue weighted by molar-refractivity contribution is 6.32.